The summed E-state index contributed by atoms with van der Waals surface area (Å²) in [5.74, 6) is 1.42. The molecule has 1 aromatic carbocycles. The van der Waals surface area contributed by atoms with E-state index in [1.165, 1.54) is 0 Å². The zero-order valence-electron chi connectivity index (χ0n) is 19.0. The largest absolute Gasteiger partial charge is 0.433 e. The number of halogens is 2. The molecule has 0 aromatic heterocycles. The fraction of sp³-hybridized carbons (Fsp3) is 0.696. The fourth-order valence-corrected chi connectivity index (χ4v) is 4.64. The summed E-state index contributed by atoms with van der Waals surface area (Å²) in [7, 11) is 1.77. The van der Waals surface area contributed by atoms with Crippen LogP contribution in [0.4, 0.5) is 14.5 Å². The van der Waals surface area contributed by atoms with E-state index in [0.717, 1.165) is 44.9 Å². The van der Waals surface area contributed by atoms with Crippen molar-refractivity contribution in [3.8, 4) is 5.75 Å². The van der Waals surface area contributed by atoms with Crippen molar-refractivity contribution >= 4 is 11.6 Å². The first-order valence-electron chi connectivity index (χ1n) is 11.2. The van der Waals surface area contributed by atoms with Gasteiger partial charge in [-0.1, -0.05) is 32.9 Å². The van der Waals surface area contributed by atoms with E-state index < -0.39 is 6.61 Å². The zero-order chi connectivity index (χ0) is 22.4. The van der Waals surface area contributed by atoms with Crippen LogP contribution in [0.2, 0.25) is 0 Å². The molecule has 0 spiro atoms. The van der Waals surface area contributed by atoms with E-state index in [2.05, 4.69) is 41.3 Å². The summed E-state index contributed by atoms with van der Waals surface area (Å²) < 4.78 is 36.2. The molecular weight excluding hydrogens is 402 g/mol. The Bertz CT molecular complexity index is 739. The van der Waals surface area contributed by atoms with Gasteiger partial charge in [-0.25, -0.2) is 0 Å². The van der Waals surface area contributed by atoms with Crippen molar-refractivity contribution < 1.29 is 18.3 Å². The maximum atomic E-state index is 12.7. The van der Waals surface area contributed by atoms with Crippen LogP contribution >= 0.6 is 0 Å². The number of ether oxygens (including phenoxy) is 2. The maximum Gasteiger partial charge on any atom is 0.387 e. The molecule has 2 aliphatic heterocycles. The molecule has 2 heterocycles. The predicted octanol–water partition coefficient (Wildman–Crippen LogP) is 3.87. The summed E-state index contributed by atoms with van der Waals surface area (Å²) in [6.07, 6.45) is 3.34. The second kappa shape index (κ2) is 10.5. The fourth-order valence-electron chi connectivity index (χ4n) is 4.64. The highest BCUT2D eigenvalue weighted by molar-refractivity contribution is 5.80. The van der Waals surface area contributed by atoms with Crippen molar-refractivity contribution in [2.24, 2.45) is 16.3 Å². The summed E-state index contributed by atoms with van der Waals surface area (Å²) in [6.45, 7) is 6.95. The van der Waals surface area contributed by atoms with Gasteiger partial charge in [0.05, 0.1) is 11.8 Å². The monoisotopic (exact) mass is 438 g/mol. The van der Waals surface area contributed by atoms with Gasteiger partial charge in [-0.15, -0.1) is 0 Å². The molecule has 6 nitrogen and oxygen atoms in total. The molecule has 8 heteroatoms. The van der Waals surface area contributed by atoms with Gasteiger partial charge in [-0.3, -0.25) is 4.99 Å². The highest BCUT2D eigenvalue weighted by atomic mass is 19.3. The van der Waals surface area contributed by atoms with E-state index in [1.54, 1.807) is 19.2 Å². The average molecular weight is 439 g/mol. The Morgan fingerprint density at radius 1 is 1.29 bits per heavy atom. The zero-order valence-corrected chi connectivity index (χ0v) is 19.0. The van der Waals surface area contributed by atoms with E-state index in [4.69, 9.17) is 9.47 Å². The number of benzene rings is 1. The summed E-state index contributed by atoms with van der Waals surface area (Å²) in [5.41, 5.74) is 0.797. The van der Waals surface area contributed by atoms with Crippen LogP contribution in [0, 0.1) is 11.3 Å². The number of alkyl halides is 2. The highest BCUT2D eigenvalue weighted by Crippen LogP contribution is 2.34. The minimum Gasteiger partial charge on any atom is -0.433 e. The highest BCUT2D eigenvalue weighted by Gasteiger charge is 2.35. The molecule has 0 radical (unpaired) electrons. The quantitative estimate of drug-likeness (QED) is 0.522. The van der Waals surface area contributed by atoms with Gasteiger partial charge in [0, 0.05) is 45.2 Å². The maximum absolute atomic E-state index is 12.7. The lowest BCUT2D eigenvalue weighted by Gasteiger charge is -2.40. The van der Waals surface area contributed by atoms with Gasteiger partial charge < -0.3 is 25.0 Å². The van der Waals surface area contributed by atoms with E-state index in [0.29, 0.717) is 18.2 Å². The summed E-state index contributed by atoms with van der Waals surface area (Å²) in [6, 6.07) is 7.13. The van der Waals surface area contributed by atoms with Crippen molar-refractivity contribution in [2.75, 3.05) is 38.2 Å². The number of nitrogens with zero attached hydrogens (tertiary/aromatic N) is 2. The van der Waals surface area contributed by atoms with Crippen LogP contribution in [0.15, 0.2) is 29.3 Å². The predicted molar refractivity (Wildman–Crippen MR) is 120 cm³/mol. The van der Waals surface area contributed by atoms with Gasteiger partial charge in [0.1, 0.15) is 5.75 Å². The third-order valence-corrected chi connectivity index (χ3v) is 6.00. The molecule has 0 amide bonds. The van der Waals surface area contributed by atoms with Crippen LogP contribution in [0.5, 0.6) is 5.75 Å². The molecule has 1 aromatic rings. The SMILES string of the molecule is CN=C(NCC1CCCOC1C(C)(C)C)NC1CCN(c2ccccc2OC(F)F)C1. The molecule has 0 saturated carbocycles. The first-order chi connectivity index (χ1) is 14.8. The molecular formula is C23H36F2N4O2. The first kappa shape index (κ1) is 23.6. The topological polar surface area (TPSA) is 58.1 Å². The Labute approximate surface area is 184 Å². The summed E-state index contributed by atoms with van der Waals surface area (Å²) in [5, 5.41) is 6.96. The van der Waals surface area contributed by atoms with Gasteiger partial charge in [0.15, 0.2) is 5.96 Å². The van der Waals surface area contributed by atoms with E-state index in [1.807, 2.05) is 12.1 Å². The molecule has 0 bridgehead atoms. The number of hydrogen-bond donors (Lipinski definition) is 2. The Kier molecular flexibility index (Phi) is 7.97. The Morgan fingerprint density at radius 3 is 2.77 bits per heavy atom. The summed E-state index contributed by atoms with van der Waals surface area (Å²) >= 11 is 0. The van der Waals surface area contributed by atoms with Gasteiger partial charge >= 0.3 is 6.61 Å². The Balaban J connectivity index is 1.54. The van der Waals surface area contributed by atoms with E-state index >= 15 is 0 Å². The van der Waals surface area contributed by atoms with Crippen LogP contribution in [-0.2, 0) is 4.74 Å². The number of rotatable bonds is 6. The number of hydrogen-bond acceptors (Lipinski definition) is 4. The van der Waals surface area contributed by atoms with Crippen LogP contribution in [0.1, 0.15) is 40.0 Å². The molecule has 2 saturated heterocycles. The molecule has 3 unspecified atom stereocenters. The molecule has 174 valence electrons. The standard InChI is InChI=1S/C23H36F2N4O2/c1-23(2,3)20-16(8-7-13-30-20)14-27-22(26-4)28-17-11-12-29(15-17)18-9-5-6-10-19(18)31-21(24)25/h5-6,9-10,16-17,20-21H,7-8,11-15H2,1-4H3,(H2,26,27,28). The Morgan fingerprint density at radius 2 is 2.06 bits per heavy atom. The third kappa shape index (κ3) is 6.45. The van der Waals surface area contributed by atoms with Crippen LogP contribution < -0.4 is 20.3 Å². The van der Waals surface area contributed by atoms with Crippen molar-refractivity contribution in [3.05, 3.63) is 24.3 Å². The second-order valence-electron chi connectivity index (χ2n) is 9.44. The third-order valence-electron chi connectivity index (χ3n) is 6.00. The number of nitrogens with one attached hydrogen (secondary N) is 2. The first-order valence-corrected chi connectivity index (χ1v) is 11.2. The van der Waals surface area contributed by atoms with Gasteiger partial charge in [-0.05, 0) is 36.8 Å². The van der Waals surface area contributed by atoms with E-state index in [9.17, 15) is 8.78 Å². The van der Waals surface area contributed by atoms with Gasteiger partial charge in [0.25, 0.3) is 0 Å². The molecule has 3 atom stereocenters. The molecule has 2 N–H and O–H groups in total. The van der Waals surface area contributed by atoms with Crippen molar-refractivity contribution in [1.82, 2.24) is 10.6 Å². The van der Waals surface area contributed by atoms with Crippen molar-refractivity contribution in [1.29, 1.82) is 0 Å². The Hall–Kier alpha value is -2.09. The van der Waals surface area contributed by atoms with Crippen LogP contribution in [0.3, 0.4) is 0 Å². The number of para-hydroxylation sites is 2. The lowest BCUT2D eigenvalue weighted by molar-refractivity contribution is -0.0835. The van der Waals surface area contributed by atoms with Crippen LogP contribution in [-0.4, -0.2) is 58.0 Å². The minimum atomic E-state index is -2.83. The molecule has 31 heavy (non-hydrogen) atoms. The summed E-state index contributed by atoms with van der Waals surface area (Å²) in [4.78, 5) is 6.47. The second-order valence-corrected chi connectivity index (χ2v) is 9.44. The van der Waals surface area contributed by atoms with Crippen molar-refractivity contribution in [2.45, 2.75) is 58.8 Å². The number of aliphatic imine (C=N–C) groups is 1. The molecule has 2 fully saturated rings. The van der Waals surface area contributed by atoms with Crippen molar-refractivity contribution in [3.63, 3.8) is 0 Å². The van der Waals surface area contributed by atoms with Gasteiger partial charge in [0.2, 0.25) is 0 Å². The average Bonchev–Trinajstić information content (AvgIpc) is 3.19. The lowest BCUT2D eigenvalue weighted by Crippen LogP contribution is -2.49. The number of anilines is 1. The number of guanidine groups is 1. The molecule has 0 aliphatic carbocycles. The smallest absolute Gasteiger partial charge is 0.387 e. The molecule has 3 rings (SSSR count). The van der Waals surface area contributed by atoms with E-state index in [-0.39, 0.29) is 23.3 Å². The minimum absolute atomic E-state index is 0.101. The lowest BCUT2D eigenvalue weighted by atomic mass is 9.78. The molecule has 2 aliphatic rings. The normalized spacial score (nSPS) is 25.1. The van der Waals surface area contributed by atoms with Crippen LogP contribution in [0.25, 0.3) is 0 Å². The van der Waals surface area contributed by atoms with Gasteiger partial charge in [-0.2, -0.15) is 8.78 Å².